The van der Waals surface area contributed by atoms with E-state index in [0.29, 0.717) is 23.4 Å². The fourth-order valence-electron chi connectivity index (χ4n) is 2.90. The SMILES string of the molecule is C=CCn1c(COc2ccccc2F)nnc1SCC(=O)NC(C)CCCC(C)C. The first-order chi connectivity index (χ1) is 14.4. The molecule has 1 heterocycles. The van der Waals surface area contributed by atoms with Crippen molar-refractivity contribution in [3.8, 4) is 5.75 Å². The fourth-order valence-corrected chi connectivity index (χ4v) is 3.68. The maximum absolute atomic E-state index is 13.7. The minimum absolute atomic E-state index is 0.0330. The summed E-state index contributed by atoms with van der Waals surface area (Å²) in [5, 5.41) is 11.9. The number of thioether (sulfide) groups is 1. The number of carbonyl (C=O) groups excluding carboxylic acids is 1. The molecule has 2 rings (SSSR count). The zero-order valence-electron chi connectivity index (χ0n) is 17.9. The van der Waals surface area contributed by atoms with E-state index >= 15 is 0 Å². The number of benzene rings is 1. The Morgan fingerprint density at radius 3 is 2.77 bits per heavy atom. The summed E-state index contributed by atoms with van der Waals surface area (Å²) in [5.41, 5.74) is 0. The summed E-state index contributed by atoms with van der Waals surface area (Å²) in [7, 11) is 0. The zero-order valence-corrected chi connectivity index (χ0v) is 18.8. The Bertz CT molecular complexity index is 825. The van der Waals surface area contributed by atoms with Crippen LogP contribution in [0.2, 0.25) is 0 Å². The molecular weight excluding hydrogens is 403 g/mol. The van der Waals surface area contributed by atoms with E-state index in [1.165, 1.54) is 17.8 Å². The van der Waals surface area contributed by atoms with Gasteiger partial charge >= 0.3 is 0 Å². The van der Waals surface area contributed by atoms with Gasteiger partial charge in [-0.1, -0.05) is 56.7 Å². The largest absolute Gasteiger partial charge is 0.483 e. The van der Waals surface area contributed by atoms with Crippen LogP contribution in [-0.4, -0.2) is 32.5 Å². The molecule has 0 aliphatic heterocycles. The first-order valence-corrected chi connectivity index (χ1v) is 11.2. The van der Waals surface area contributed by atoms with Crippen molar-refractivity contribution in [2.24, 2.45) is 5.92 Å². The molecule has 30 heavy (non-hydrogen) atoms. The Morgan fingerprint density at radius 1 is 1.30 bits per heavy atom. The van der Waals surface area contributed by atoms with Crippen LogP contribution in [0.15, 0.2) is 42.1 Å². The molecule has 0 saturated carbocycles. The maximum Gasteiger partial charge on any atom is 0.230 e. The van der Waals surface area contributed by atoms with Gasteiger partial charge < -0.3 is 10.1 Å². The van der Waals surface area contributed by atoms with Gasteiger partial charge in [0.1, 0.15) is 6.61 Å². The lowest BCUT2D eigenvalue weighted by molar-refractivity contribution is -0.119. The van der Waals surface area contributed by atoms with Gasteiger partial charge in [0.05, 0.1) is 5.75 Å². The Morgan fingerprint density at radius 2 is 2.07 bits per heavy atom. The number of hydrogen-bond donors (Lipinski definition) is 1. The molecule has 8 heteroatoms. The summed E-state index contributed by atoms with van der Waals surface area (Å²) >= 11 is 1.31. The first kappa shape index (κ1) is 23.9. The van der Waals surface area contributed by atoms with E-state index < -0.39 is 5.82 Å². The van der Waals surface area contributed by atoms with E-state index in [1.54, 1.807) is 24.3 Å². The number of hydrogen-bond acceptors (Lipinski definition) is 5. The predicted molar refractivity (Wildman–Crippen MR) is 118 cm³/mol. The lowest BCUT2D eigenvalue weighted by Gasteiger charge is -2.14. The molecule has 1 amide bonds. The highest BCUT2D eigenvalue weighted by atomic mass is 32.2. The summed E-state index contributed by atoms with van der Waals surface area (Å²) in [6.45, 7) is 10.7. The third-order valence-corrected chi connectivity index (χ3v) is 5.42. The van der Waals surface area contributed by atoms with Gasteiger partial charge in [-0.25, -0.2) is 4.39 Å². The molecular formula is C22H31FN4O2S. The second-order valence-corrected chi connectivity index (χ2v) is 8.54. The van der Waals surface area contributed by atoms with Crippen LogP contribution in [0.5, 0.6) is 5.75 Å². The third kappa shape index (κ3) is 7.82. The predicted octanol–water partition coefficient (Wildman–Crippen LogP) is 4.61. The van der Waals surface area contributed by atoms with Crippen LogP contribution in [0, 0.1) is 11.7 Å². The topological polar surface area (TPSA) is 69.0 Å². The maximum atomic E-state index is 13.7. The molecule has 0 bridgehead atoms. The number of para-hydroxylation sites is 1. The van der Waals surface area contributed by atoms with Crippen molar-refractivity contribution in [3.05, 3.63) is 48.6 Å². The van der Waals surface area contributed by atoms with Gasteiger partial charge in [-0.05, 0) is 31.4 Å². The molecule has 1 unspecified atom stereocenters. The lowest BCUT2D eigenvalue weighted by Crippen LogP contribution is -2.33. The number of halogens is 1. The Kier molecular flexibility index (Phi) is 9.86. The summed E-state index contributed by atoms with van der Waals surface area (Å²) in [6.07, 6.45) is 4.96. The van der Waals surface area contributed by atoms with Crippen LogP contribution in [-0.2, 0) is 17.9 Å². The number of nitrogens with one attached hydrogen (secondary N) is 1. The second kappa shape index (κ2) is 12.4. The molecule has 2 aromatic rings. The number of amides is 1. The number of aromatic nitrogens is 3. The normalized spacial score (nSPS) is 12.0. The van der Waals surface area contributed by atoms with Gasteiger partial charge in [0.15, 0.2) is 22.5 Å². The lowest BCUT2D eigenvalue weighted by atomic mass is 10.0. The van der Waals surface area contributed by atoms with Crippen molar-refractivity contribution in [1.82, 2.24) is 20.1 Å². The van der Waals surface area contributed by atoms with E-state index in [9.17, 15) is 9.18 Å². The van der Waals surface area contributed by atoms with Gasteiger partial charge in [-0.2, -0.15) is 0 Å². The molecule has 1 aromatic heterocycles. The minimum atomic E-state index is -0.430. The van der Waals surface area contributed by atoms with E-state index in [0.717, 1.165) is 19.3 Å². The Hall–Kier alpha value is -2.35. The molecule has 0 saturated heterocycles. The van der Waals surface area contributed by atoms with Crippen LogP contribution in [0.4, 0.5) is 4.39 Å². The number of rotatable bonds is 13. The molecule has 0 aliphatic carbocycles. The summed E-state index contributed by atoms with van der Waals surface area (Å²) < 4.78 is 21.1. The molecule has 6 nitrogen and oxygen atoms in total. The summed E-state index contributed by atoms with van der Waals surface area (Å²) in [5.74, 6) is 1.17. The van der Waals surface area contributed by atoms with Gasteiger partial charge in [0.25, 0.3) is 0 Å². The van der Waals surface area contributed by atoms with E-state index in [-0.39, 0.29) is 30.1 Å². The number of ether oxygens (including phenoxy) is 1. The van der Waals surface area contributed by atoms with Crippen LogP contribution >= 0.6 is 11.8 Å². The highest BCUT2D eigenvalue weighted by Crippen LogP contribution is 2.20. The van der Waals surface area contributed by atoms with Crippen LogP contribution < -0.4 is 10.1 Å². The molecule has 164 valence electrons. The van der Waals surface area contributed by atoms with E-state index in [4.69, 9.17) is 4.74 Å². The van der Waals surface area contributed by atoms with Crippen LogP contribution in [0.3, 0.4) is 0 Å². The molecule has 1 aromatic carbocycles. The van der Waals surface area contributed by atoms with Crippen LogP contribution in [0.1, 0.15) is 45.9 Å². The zero-order chi connectivity index (χ0) is 21.9. The molecule has 1 N–H and O–H groups in total. The quantitative estimate of drug-likeness (QED) is 0.368. The summed E-state index contributed by atoms with van der Waals surface area (Å²) in [4.78, 5) is 12.3. The van der Waals surface area contributed by atoms with Crippen LogP contribution in [0.25, 0.3) is 0 Å². The number of allylic oxidation sites excluding steroid dienone is 1. The third-order valence-electron chi connectivity index (χ3n) is 4.46. The second-order valence-electron chi connectivity index (χ2n) is 7.60. The van der Waals surface area contributed by atoms with Gasteiger partial charge in [0, 0.05) is 12.6 Å². The van der Waals surface area contributed by atoms with E-state index in [1.807, 2.05) is 11.5 Å². The first-order valence-electron chi connectivity index (χ1n) is 10.2. The minimum Gasteiger partial charge on any atom is -0.483 e. The average molecular weight is 435 g/mol. The molecule has 1 atom stereocenters. The van der Waals surface area contributed by atoms with Crippen molar-refractivity contribution >= 4 is 17.7 Å². The standard InChI is InChI=1S/C22H31FN4O2S/c1-5-13-27-20(14-29-19-12-7-6-11-18(19)23)25-26-22(27)30-15-21(28)24-17(4)10-8-9-16(2)3/h5-7,11-12,16-17H,1,8-10,13-15H2,2-4H3,(H,24,28). The van der Waals surface area contributed by atoms with Gasteiger partial charge in [0.2, 0.25) is 5.91 Å². The molecule has 0 fully saturated rings. The van der Waals surface area contributed by atoms with Crippen molar-refractivity contribution in [2.45, 2.75) is 64.4 Å². The van der Waals surface area contributed by atoms with Crippen molar-refractivity contribution < 1.29 is 13.9 Å². The Labute approximate surface area is 182 Å². The van der Waals surface area contributed by atoms with Gasteiger partial charge in [-0.3, -0.25) is 9.36 Å². The average Bonchev–Trinajstić information content (AvgIpc) is 3.07. The smallest absolute Gasteiger partial charge is 0.230 e. The van der Waals surface area contributed by atoms with Crippen molar-refractivity contribution in [3.63, 3.8) is 0 Å². The van der Waals surface area contributed by atoms with E-state index in [2.05, 4.69) is 35.9 Å². The van der Waals surface area contributed by atoms with Crippen molar-refractivity contribution in [2.75, 3.05) is 5.75 Å². The molecule has 0 aliphatic rings. The monoisotopic (exact) mass is 434 g/mol. The highest BCUT2D eigenvalue weighted by Gasteiger charge is 2.15. The molecule has 0 spiro atoms. The molecule has 0 radical (unpaired) electrons. The number of carbonyl (C=O) groups is 1. The highest BCUT2D eigenvalue weighted by molar-refractivity contribution is 7.99. The van der Waals surface area contributed by atoms with Crippen molar-refractivity contribution in [1.29, 1.82) is 0 Å². The number of nitrogens with zero attached hydrogens (tertiary/aromatic N) is 3. The Balaban J connectivity index is 1.88. The summed E-state index contributed by atoms with van der Waals surface area (Å²) in [6, 6.07) is 6.36. The van der Waals surface area contributed by atoms with Gasteiger partial charge in [-0.15, -0.1) is 16.8 Å². The fraction of sp³-hybridized carbons (Fsp3) is 0.500.